The number of aryl methyl sites for hydroxylation is 1. The van der Waals surface area contributed by atoms with Crippen molar-refractivity contribution < 1.29 is 4.79 Å². The summed E-state index contributed by atoms with van der Waals surface area (Å²) in [7, 11) is 0. The van der Waals surface area contributed by atoms with Crippen LogP contribution < -0.4 is 10.6 Å². The largest absolute Gasteiger partial charge is 0.351 e. The zero-order valence-corrected chi connectivity index (χ0v) is 15.5. The summed E-state index contributed by atoms with van der Waals surface area (Å²) in [5, 5.41) is 7.58. The first-order chi connectivity index (χ1) is 11.5. The molecule has 0 spiro atoms. The molecular formula is C18H22ClN3OS. The van der Waals surface area contributed by atoms with E-state index in [1.165, 1.54) is 0 Å². The van der Waals surface area contributed by atoms with E-state index >= 15 is 0 Å². The maximum atomic E-state index is 12.2. The lowest BCUT2D eigenvalue weighted by molar-refractivity contribution is -0.122. The number of terminal acetylenes is 1. The lowest BCUT2D eigenvalue weighted by Gasteiger charge is -2.23. The summed E-state index contributed by atoms with van der Waals surface area (Å²) in [6.07, 6.45) is 7.26. The van der Waals surface area contributed by atoms with Crippen molar-refractivity contribution in [3.63, 3.8) is 0 Å². The van der Waals surface area contributed by atoms with E-state index in [-0.39, 0.29) is 11.9 Å². The van der Waals surface area contributed by atoms with Gasteiger partial charge in [0.05, 0.1) is 15.2 Å². The van der Waals surface area contributed by atoms with Crippen LogP contribution in [0.5, 0.6) is 0 Å². The van der Waals surface area contributed by atoms with Crippen molar-refractivity contribution in [2.45, 2.75) is 39.2 Å². The molecule has 2 rings (SSSR count). The quantitative estimate of drug-likeness (QED) is 0.556. The van der Waals surface area contributed by atoms with Crippen molar-refractivity contribution in [3.05, 3.63) is 28.2 Å². The summed E-state index contributed by atoms with van der Waals surface area (Å²) >= 11 is 7.58. The van der Waals surface area contributed by atoms with Gasteiger partial charge in [-0.15, -0.1) is 11.3 Å². The molecule has 0 aliphatic heterocycles. The van der Waals surface area contributed by atoms with Crippen LogP contribution in [-0.4, -0.2) is 23.5 Å². The van der Waals surface area contributed by atoms with Crippen LogP contribution >= 0.6 is 22.9 Å². The summed E-state index contributed by atoms with van der Waals surface area (Å²) in [4.78, 5) is 16.8. The summed E-state index contributed by atoms with van der Waals surface area (Å²) in [6, 6.07) is 8.08. The third-order valence-electron chi connectivity index (χ3n) is 4.06. The van der Waals surface area contributed by atoms with Crippen molar-refractivity contribution >= 4 is 39.1 Å². The number of carbonyl (C=O) groups is 1. The first-order valence-electron chi connectivity index (χ1n) is 8.06. The Morgan fingerprint density at radius 1 is 1.50 bits per heavy atom. The monoisotopic (exact) mass is 363 g/mol. The molecule has 1 aromatic carbocycles. The fourth-order valence-corrected chi connectivity index (χ4v) is 3.64. The number of halogens is 1. The van der Waals surface area contributed by atoms with Crippen molar-refractivity contribution in [2.24, 2.45) is 5.92 Å². The number of nitrogens with zero attached hydrogens (tertiary/aromatic N) is 1. The van der Waals surface area contributed by atoms with Crippen LogP contribution in [0.4, 0.5) is 0 Å². The summed E-state index contributed by atoms with van der Waals surface area (Å²) in [5.74, 6) is 0.385. The van der Waals surface area contributed by atoms with Crippen LogP contribution in [0.25, 0.3) is 10.2 Å². The molecule has 2 unspecified atom stereocenters. The topological polar surface area (TPSA) is 54.0 Å². The Bertz CT molecular complexity index is 737. The molecule has 1 aromatic heterocycles. The molecule has 0 aliphatic carbocycles. The highest BCUT2D eigenvalue weighted by Gasteiger charge is 2.18. The van der Waals surface area contributed by atoms with Crippen LogP contribution in [0.3, 0.4) is 0 Å². The molecule has 0 fully saturated rings. The Morgan fingerprint density at radius 3 is 3.00 bits per heavy atom. The van der Waals surface area contributed by atoms with E-state index in [9.17, 15) is 4.79 Å². The second-order valence-electron chi connectivity index (χ2n) is 5.80. The SMILES string of the molecule is C#CNCC(NC(=O)CCc1nc2ccc(Cl)cc2s1)C(C)CC. The molecule has 128 valence electrons. The first-order valence-corrected chi connectivity index (χ1v) is 9.25. The molecular weight excluding hydrogens is 342 g/mol. The van der Waals surface area contributed by atoms with E-state index in [2.05, 4.69) is 35.5 Å². The number of rotatable bonds is 8. The highest BCUT2D eigenvalue weighted by molar-refractivity contribution is 7.18. The van der Waals surface area contributed by atoms with E-state index in [1.54, 1.807) is 11.3 Å². The van der Waals surface area contributed by atoms with Gasteiger partial charge in [0, 0.05) is 36.5 Å². The Morgan fingerprint density at radius 2 is 2.29 bits per heavy atom. The molecule has 2 aromatic rings. The van der Waals surface area contributed by atoms with Gasteiger partial charge in [-0.3, -0.25) is 4.79 Å². The lowest BCUT2D eigenvalue weighted by Crippen LogP contribution is -2.45. The van der Waals surface area contributed by atoms with Gasteiger partial charge < -0.3 is 10.6 Å². The van der Waals surface area contributed by atoms with Gasteiger partial charge in [-0.05, 0) is 24.1 Å². The van der Waals surface area contributed by atoms with Gasteiger partial charge in [-0.1, -0.05) is 38.3 Å². The molecule has 0 bridgehead atoms. The zero-order valence-electron chi connectivity index (χ0n) is 13.9. The van der Waals surface area contributed by atoms with Gasteiger partial charge >= 0.3 is 0 Å². The third kappa shape index (κ3) is 5.12. The highest BCUT2D eigenvalue weighted by Crippen LogP contribution is 2.25. The molecule has 1 heterocycles. The van der Waals surface area contributed by atoms with E-state index in [4.69, 9.17) is 18.0 Å². The Kier molecular flexibility index (Phi) is 6.89. The van der Waals surface area contributed by atoms with E-state index < -0.39 is 0 Å². The smallest absolute Gasteiger partial charge is 0.220 e. The molecule has 0 radical (unpaired) electrons. The van der Waals surface area contributed by atoms with Crippen LogP contribution in [0.2, 0.25) is 5.02 Å². The van der Waals surface area contributed by atoms with Gasteiger partial charge in [-0.25, -0.2) is 4.98 Å². The van der Waals surface area contributed by atoms with Crippen LogP contribution in [-0.2, 0) is 11.2 Å². The molecule has 2 atom stereocenters. The minimum atomic E-state index is 0.0245. The zero-order chi connectivity index (χ0) is 17.5. The molecule has 0 aliphatic rings. The Hall–Kier alpha value is -1.77. The molecule has 4 nitrogen and oxygen atoms in total. The maximum absolute atomic E-state index is 12.2. The number of nitrogens with one attached hydrogen (secondary N) is 2. The normalized spacial score (nSPS) is 13.2. The van der Waals surface area contributed by atoms with E-state index in [0.717, 1.165) is 21.6 Å². The number of benzene rings is 1. The average Bonchev–Trinajstić information content (AvgIpc) is 2.97. The minimum Gasteiger partial charge on any atom is -0.351 e. The van der Waals surface area contributed by atoms with Crippen molar-refractivity contribution in [1.82, 2.24) is 15.6 Å². The second kappa shape index (κ2) is 8.91. The van der Waals surface area contributed by atoms with Gasteiger partial charge in [-0.2, -0.15) is 0 Å². The van der Waals surface area contributed by atoms with Crippen LogP contribution in [0.1, 0.15) is 31.7 Å². The van der Waals surface area contributed by atoms with Gasteiger partial charge in [0.1, 0.15) is 0 Å². The van der Waals surface area contributed by atoms with Crippen LogP contribution in [0.15, 0.2) is 18.2 Å². The number of fused-ring (bicyclic) bond motifs is 1. The molecule has 0 saturated heterocycles. The van der Waals surface area contributed by atoms with Crippen LogP contribution in [0, 0.1) is 18.4 Å². The van der Waals surface area contributed by atoms with Crippen molar-refractivity contribution in [3.8, 4) is 12.5 Å². The van der Waals surface area contributed by atoms with Gasteiger partial charge in [0.15, 0.2) is 0 Å². The Balaban J connectivity index is 1.91. The molecule has 1 amide bonds. The summed E-state index contributed by atoms with van der Waals surface area (Å²) < 4.78 is 1.05. The third-order valence-corrected chi connectivity index (χ3v) is 5.37. The number of hydrogen-bond acceptors (Lipinski definition) is 4. The number of hydrogen-bond donors (Lipinski definition) is 2. The fraction of sp³-hybridized carbons (Fsp3) is 0.444. The highest BCUT2D eigenvalue weighted by atomic mass is 35.5. The Labute approximate surface area is 152 Å². The van der Waals surface area contributed by atoms with E-state index in [1.807, 2.05) is 18.2 Å². The predicted octanol–water partition coefficient (Wildman–Crippen LogP) is 3.59. The van der Waals surface area contributed by atoms with Gasteiger partial charge in [0.25, 0.3) is 0 Å². The maximum Gasteiger partial charge on any atom is 0.220 e. The molecule has 24 heavy (non-hydrogen) atoms. The summed E-state index contributed by atoms with van der Waals surface area (Å²) in [5.41, 5.74) is 0.926. The fourth-order valence-electron chi connectivity index (χ4n) is 2.40. The molecule has 2 N–H and O–H groups in total. The van der Waals surface area contributed by atoms with Crippen molar-refractivity contribution in [2.75, 3.05) is 6.54 Å². The number of thiazole rings is 1. The molecule has 0 saturated carbocycles. The first kappa shape index (κ1) is 18.6. The number of carbonyl (C=O) groups excluding carboxylic acids is 1. The second-order valence-corrected chi connectivity index (χ2v) is 7.36. The van der Waals surface area contributed by atoms with Gasteiger partial charge in [0.2, 0.25) is 5.91 Å². The minimum absolute atomic E-state index is 0.0245. The standard InChI is InChI=1S/C18H22ClN3OS/c1-4-12(3)15(11-20-5-2)21-17(23)8-9-18-22-14-7-6-13(19)10-16(14)24-18/h2,6-7,10,12,15,20H,4,8-9,11H2,1,3H3,(H,21,23). The average molecular weight is 364 g/mol. The van der Waals surface area contributed by atoms with Crippen molar-refractivity contribution in [1.29, 1.82) is 0 Å². The number of amides is 1. The lowest BCUT2D eigenvalue weighted by atomic mass is 9.99. The molecule has 6 heteroatoms. The predicted molar refractivity (Wildman–Crippen MR) is 101 cm³/mol. The summed E-state index contributed by atoms with van der Waals surface area (Å²) in [6.45, 7) is 4.79. The van der Waals surface area contributed by atoms with E-state index in [0.29, 0.717) is 30.3 Å². The number of aromatic nitrogens is 1.